The van der Waals surface area contributed by atoms with Crippen LogP contribution in [-0.2, 0) is 4.79 Å². The standard InChI is InChI=1S/C23H34O2/c1-3-4-18-5-7-19(8-6-18)20-9-11-21(12-10-20)22-13-15-23(16-14-22)25-17(2)24/h13-16,18-21H,3-12H2,1-2H3/t18-,19-,20-,21-. The highest BCUT2D eigenvalue weighted by atomic mass is 16.5. The maximum absolute atomic E-state index is 11.0. The summed E-state index contributed by atoms with van der Waals surface area (Å²) < 4.78 is 5.14. The summed E-state index contributed by atoms with van der Waals surface area (Å²) in [7, 11) is 0. The lowest BCUT2D eigenvalue weighted by atomic mass is 9.68. The van der Waals surface area contributed by atoms with E-state index in [1.807, 2.05) is 12.1 Å². The summed E-state index contributed by atoms with van der Waals surface area (Å²) in [6.07, 6.45) is 14.2. The molecule has 0 bridgehead atoms. The molecule has 1 aromatic carbocycles. The van der Waals surface area contributed by atoms with Gasteiger partial charge in [0.1, 0.15) is 5.75 Å². The first-order valence-corrected chi connectivity index (χ1v) is 10.4. The van der Waals surface area contributed by atoms with Gasteiger partial charge in [0.2, 0.25) is 0 Å². The highest BCUT2D eigenvalue weighted by Crippen LogP contribution is 2.44. The van der Waals surface area contributed by atoms with E-state index in [0.717, 1.165) is 17.8 Å². The number of benzene rings is 1. The monoisotopic (exact) mass is 342 g/mol. The van der Waals surface area contributed by atoms with Crippen LogP contribution in [0.25, 0.3) is 0 Å². The first-order valence-electron chi connectivity index (χ1n) is 10.4. The van der Waals surface area contributed by atoms with Crippen molar-refractivity contribution < 1.29 is 9.53 Å². The molecule has 3 rings (SSSR count). The third kappa shape index (κ3) is 5.09. The number of rotatable bonds is 5. The molecule has 0 heterocycles. The minimum absolute atomic E-state index is 0.248. The molecule has 0 saturated heterocycles. The Kier molecular flexibility index (Phi) is 6.56. The van der Waals surface area contributed by atoms with E-state index in [-0.39, 0.29) is 5.97 Å². The second-order valence-electron chi connectivity index (χ2n) is 8.34. The largest absolute Gasteiger partial charge is 0.427 e. The lowest BCUT2D eigenvalue weighted by molar-refractivity contribution is -0.131. The molecule has 0 aliphatic heterocycles. The molecule has 2 heteroatoms. The van der Waals surface area contributed by atoms with Gasteiger partial charge in [-0.1, -0.05) is 44.7 Å². The zero-order valence-corrected chi connectivity index (χ0v) is 16.0. The molecule has 0 aromatic heterocycles. The number of esters is 1. The summed E-state index contributed by atoms with van der Waals surface area (Å²) in [4.78, 5) is 11.0. The molecule has 2 saturated carbocycles. The Bertz CT molecular complexity index is 532. The van der Waals surface area contributed by atoms with Gasteiger partial charge in [0.15, 0.2) is 0 Å². The molecule has 0 radical (unpaired) electrons. The van der Waals surface area contributed by atoms with Crippen molar-refractivity contribution in [3.63, 3.8) is 0 Å². The molecule has 0 amide bonds. The van der Waals surface area contributed by atoms with Crippen LogP contribution in [0.2, 0.25) is 0 Å². The van der Waals surface area contributed by atoms with Crippen LogP contribution in [0.4, 0.5) is 0 Å². The molecule has 138 valence electrons. The van der Waals surface area contributed by atoms with Crippen LogP contribution in [-0.4, -0.2) is 5.97 Å². The number of carbonyl (C=O) groups excluding carboxylic acids is 1. The van der Waals surface area contributed by atoms with E-state index in [4.69, 9.17) is 4.74 Å². The van der Waals surface area contributed by atoms with Crippen LogP contribution in [0.15, 0.2) is 24.3 Å². The summed E-state index contributed by atoms with van der Waals surface area (Å²) in [6, 6.07) is 8.19. The normalized spacial score (nSPS) is 30.0. The molecule has 25 heavy (non-hydrogen) atoms. The van der Waals surface area contributed by atoms with Crippen LogP contribution in [0.5, 0.6) is 5.75 Å². The molecule has 0 spiro atoms. The van der Waals surface area contributed by atoms with Gasteiger partial charge in [0.05, 0.1) is 0 Å². The Morgan fingerprint density at radius 2 is 1.48 bits per heavy atom. The Balaban J connectivity index is 1.46. The van der Waals surface area contributed by atoms with Crippen molar-refractivity contribution in [2.45, 2.75) is 84.0 Å². The smallest absolute Gasteiger partial charge is 0.308 e. The zero-order chi connectivity index (χ0) is 17.6. The number of carbonyl (C=O) groups is 1. The van der Waals surface area contributed by atoms with E-state index in [1.165, 1.54) is 76.7 Å². The van der Waals surface area contributed by atoms with E-state index in [9.17, 15) is 4.79 Å². The summed E-state index contributed by atoms with van der Waals surface area (Å²) in [5.41, 5.74) is 1.42. The SMILES string of the molecule is CCC[C@H]1CC[C@H]([C@H]2CC[C@H](c3ccc(OC(C)=O)cc3)CC2)CC1. The minimum Gasteiger partial charge on any atom is -0.427 e. The summed E-state index contributed by atoms with van der Waals surface area (Å²) in [5.74, 6) is 4.10. The Morgan fingerprint density at radius 3 is 2.00 bits per heavy atom. The average Bonchev–Trinajstić information content (AvgIpc) is 2.63. The summed E-state index contributed by atoms with van der Waals surface area (Å²) in [6.45, 7) is 3.77. The third-order valence-corrected chi connectivity index (χ3v) is 6.64. The van der Waals surface area contributed by atoms with Gasteiger partial charge in [0.25, 0.3) is 0 Å². The predicted octanol–water partition coefficient (Wildman–Crippen LogP) is 6.49. The molecule has 2 aliphatic carbocycles. The summed E-state index contributed by atoms with van der Waals surface area (Å²) >= 11 is 0. The van der Waals surface area contributed by atoms with E-state index in [0.29, 0.717) is 11.7 Å². The highest BCUT2D eigenvalue weighted by Gasteiger charge is 2.31. The van der Waals surface area contributed by atoms with Crippen molar-refractivity contribution in [2.75, 3.05) is 0 Å². The van der Waals surface area contributed by atoms with Gasteiger partial charge in [-0.2, -0.15) is 0 Å². The number of hydrogen-bond donors (Lipinski definition) is 0. The van der Waals surface area contributed by atoms with Crippen LogP contribution < -0.4 is 4.74 Å². The van der Waals surface area contributed by atoms with Crippen LogP contribution in [0.1, 0.15) is 89.5 Å². The molecule has 0 unspecified atom stereocenters. The Labute approximate surface area is 153 Å². The van der Waals surface area contributed by atoms with E-state index < -0.39 is 0 Å². The first-order chi connectivity index (χ1) is 12.2. The second kappa shape index (κ2) is 8.87. The van der Waals surface area contributed by atoms with Gasteiger partial charge in [-0.3, -0.25) is 4.79 Å². The molecule has 0 atom stereocenters. The number of ether oxygens (including phenoxy) is 1. The topological polar surface area (TPSA) is 26.3 Å². The highest BCUT2D eigenvalue weighted by molar-refractivity contribution is 5.69. The fourth-order valence-corrected chi connectivity index (χ4v) is 5.25. The fourth-order valence-electron chi connectivity index (χ4n) is 5.25. The molecular formula is C23H34O2. The Morgan fingerprint density at radius 1 is 0.920 bits per heavy atom. The average molecular weight is 343 g/mol. The van der Waals surface area contributed by atoms with Gasteiger partial charge < -0.3 is 4.74 Å². The van der Waals surface area contributed by atoms with E-state index in [1.54, 1.807) is 0 Å². The summed E-state index contributed by atoms with van der Waals surface area (Å²) in [5, 5.41) is 0. The van der Waals surface area contributed by atoms with Crippen molar-refractivity contribution in [1.29, 1.82) is 0 Å². The van der Waals surface area contributed by atoms with Crippen molar-refractivity contribution in [1.82, 2.24) is 0 Å². The maximum atomic E-state index is 11.0. The van der Waals surface area contributed by atoms with Crippen LogP contribution in [0, 0.1) is 17.8 Å². The zero-order valence-electron chi connectivity index (χ0n) is 16.0. The van der Waals surface area contributed by atoms with Gasteiger partial charge in [-0.15, -0.1) is 0 Å². The van der Waals surface area contributed by atoms with Crippen LogP contribution in [0.3, 0.4) is 0 Å². The van der Waals surface area contributed by atoms with Crippen LogP contribution >= 0.6 is 0 Å². The first kappa shape index (κ1) is 18.5. The maximum Gasteiger partial charge on any atom is 0.308 e. The molecular weight excluding hydrogens is 308 g/mol. The lowest BCUT2D eigenvalue weighted by Crippen LogP contribution is -2.25. The van der Waals surface area contributed by atoms with Crippen molar-refractivity contribution >= 4 is 5.97 Å². The molecule has 1 aromatic rings. The van der Waals surface area contributed by atoms with Crippen molar-refractivity contribution in [3.05, 3.63) is 29.8 Å². The second-order valence-corrected chi connectivity index (χ2v) is 8.34. The predicted molar refractivity (Wildman–Crippen MR) is 103 cm³/mol. The lowest BCUT2D eigenvalue weighted by Gasteiger charge is -2.38. The molecule has 2 nitrogen and oxygen atoms in total. The van der Waals surface area contributed by atoms with Gasteiger partial charge >= 0.3 is 5.97 Å². The minimum atomic E-state index is -0.248. The molecule has 0 N–H and O–H groups in total. The number of hydrogen-bond acceptors (Lipinski definition) is 2. The van der Waals surface area contributed by atoms with Gasteiger partial charge in [0, 0.05) is 6.92 Å². The van der Waals surface area contributed by atoms with Crippen molar-refractivity contribution in [2.24, 2.45) is 17.8 Å². The molecule has 2 fully saturated rings. The Hall–Kier alpha value is -1.31. The quantitative estimate of drug-likeness (QED) is 0.451. The van der Waals surface area contributed by atoms with E-state index in [2.05, 4.69) is 19.1 Å². The molecule has 2 aliphatic rings. The van der Waals surface area contributed by atoms with E-state index >= 15 is 0 Å². The van der Waals surface area contributed by atoms with Gasteiger partial charge in [-0.05, 0) is 79.9 Å². The fraction of sp³-hybridized carbons (Fsp3) is 0.696. The van der Waals surface area contributed by atoms with Crippen molar-refractivity contribution in [3.8, 4) is 5.75 Å². The third-order valence-electron chi connectivity index (χ3n) is 6.64. The van der Waals surface area contributed by atoms with Gasteiger partial charge in [-0.25, -0.2) is 0 Å².